The van der Waals surface area contributed by atoms with Gasteiger partial charge in [0.2, 0.25) is 0 Å². The topological polar surface area (TPSA) is 131 Å². The van der Waals surface area contributed by atoms with Crippen LogP contribution in [0.2, 0.25) is 5.02 Å². The molecule has 1 amide bonds. The molecule has 0 bridgehead atoms. The lowest BCUT2D eigenvalue weighted by Gasteiger charge is -2.18. The summed E-state index contributed by atoms with van der Waals surface area (Å²) < 4.78 is 38.9. The lowest BCUT2D eigenvalue weighted by atomic mass is 9.95. The minimum Gasteiger partial charge on any atom is -0.492 e. The number of H-pyrrole nitrogens is 1. The highest BCUT2D eigenvalue weighted by atomic mass is 35.5. The Labute approximate surface area is 234 Å². The fraction of sp³-hybridized carbons (Fsp3) is 0.333. The van der Waals surface area contributed by atoms with Gasteiger partial charge in [0.25, 0.3) is 11.5 Å². The van der Waals surface area contributed by atoms with Gasteiger partial charge in [0.05, 0.1) is 57.2 Å². The second kappa shape index (κ2) is 10.7. The van der Waals surface area contributed by atoms with Gasteiger partial charge in [0.1, 0.15) is 5.75 Å². The van der Waals surface area contributed by atoms with Crippen LogP contribution in [0, 0.1) is 20.8 Å². The molecule has 0 spiro atoms. The Morgan fingerprint density at radius 3 is 2.59 bits per heavy atom. The van der Waals surface area contributed by atoms with Gasteiger partial charge < -0.3 is 15.0 Å². The summed E-state index contributed by atoms with van der Waals surface area (Å²) in [5, 5.41) is 2.80. The van der Waals surface area contributed by atoms with E-state index in [9.17, 15) is 18.0 Å². The van der Waals surface area contributed by atoms with Crippen molar-refractivity contribution in [3.8, 4) is 16.9 Å². The lowest BCUT2D eigenvalue weighted by molar-refractivity contribution is 0.102. The molecule has 9 nitrogen and oxygen atoms in total. The van der Waals surface area contributed by atoms with Gasteiger partial charge in [-0.1, -0.05) is 23.7 Å². The second-order valence-electron chi connectivity index (χ2n) is 9.79. The number of carbonyl (C=O) groups is 1. The largest absolute Gasteiger partial charge is 0.492 e. The molecule has 4 aromatic rings. The molecule has 1 fully saturated rings. The number of sulfone groups is 1. The number of hydrogen-bond donors (Lipinski definition) is 2. The first-order valence-electron chi connectivity index (χ1n) is 12.5. The Hall–Kier alpha value is -3.28. The normalized spacial score (nSPS) is 16.5. The van der Waals surface area contributed by atoms with Crippen LogP contribution in [-0.2, 0) is 9.84 Å². The third-order valence-electron chi connectivity index (χ3n) is 7.27. The maximum atomic E-state index is 13.5. The maximum absolute atomic E-state index is 13.5. The summed E-state index contributed by atoms with van der Waals surface area (Å²) in [6.45, 7) is 6.06. The van der Waals surface area contributed by atoms with Crippen molar-refractivity contribution in [3.05, 3.63) is 68.1 Å². The Morgan fingerprint density at radius 1 is 1.21 bits per heavy atom. The number of aromatic amines is 1. The van der Waals surface area contributed by atoms with Gasteiger partial charge in [-0.3, -0.25) is 9.59 Å². The highest BCUT2D eigenvalue weighted by Crippen LogP contribution is 2.37. The number of pyridine rings is 1. The van der Waals surface area contributed by atoms with E-state index in [2.05, 4.69) is 19.0 Å². The molecular formula is C27H27ClN4O5S2. The fourth-order valence-corrected chi connectivity index (χ4v) is 7.44. The zero-order chi connectivity index (χ0) is 27.9. The first-order valence-corrected chi connectivity index (χ1v) is 15.3. The molecule has 39 heavy (non-hydrogen) atoms. The van der Waals surface area contributed by atoms with Crippen molar-refractivity contribution in [2.75, 3.05) is 17.7 Å². The van der Waals surface area contributed by atoms with Crippen molar-refractivity contribution >= 4 is 55.8 Å². The summed E-state index contributed by atoms with van der Waals surface area (Å²) in [6.07, 6.45) is 2.97. The van der Waals surface area contributed by atoms with E-state index in [0.29, 0.717) is 47.1 Å². The van der Waals surface area contributed by atoms with E-state index in [1.807, 2.05) is 32.9 Å². The molecule has 2 aromatic carbocycles. The van der Waals surface area contributed by atoms with Crippen LogP contribution in [-0.4, -0.2) is 45.7 Å². The number of hydrogen-bond acceptors (Lipinski definition) is 8. The first-order chi connectivity index (χ1) is 18.5. The number of halogens is 1. The molecule has 1 aliphatic heterocycles. The van der Waals surface area contributed by atoms with E-state index in [-0.39, 0.29) is 34.3 Å². The van der Waals surface area contributed by atoms with Crippen molar-refractivity contribution in [3.63, 3.8) is 0 Å². The van der Waals surface area contributed by atoms with Gasteiger partial charge in [0, 0.05) is 5.39 Å². The number of fused-ring (bicyclic) bond motifs is 1. The molecule has 3 heterocycles. The van der Waals surface area contributed by atoms with Gasteiger partial charge in [-0.15, -0.1) is 0 Å². The molecule has 1 unspecified atom stereocenters. The molecule has 204 valence electrons. The Bertz CT molecular complexity index is 1730. The van der Waals surface area contributed by atoms with Crippen molar-refractivity contribution in [1.29, 1.82) is 0 Å². The average molecular weight is 587 g/mol. The number of nitrogens with one attached hydrogen (secondary N) is 2. The molecule has 1 atom stereocenters. The molecule has 0 aliphatic carbocycles. The standard InChI is InChI=1S/C27H27ClN4O5S2/c1-14-9-17(10-15(2)16(14)3)24-25(37-7-6-18-5-4-8-39(18,35)36)20-11-19(21(28)12-22(20)30-27(24)34)26(33)31-23-13-29-38-32-23/h9-13,18H,4-8H2,1-3H3,(H,30,34)(H,31,32,33). The van der Waals surface area contributed by atoms with E-state index in [1.54, 1.807) is 6.07 Å². The summed E-state index contributed by atoms with van der Waals surface area (Å²) in [7, 11) is -3.15. The second-order valence-corrected chi connectivity index (χ2v) is 13.2. The maximum Gasteiger partial charge on any atom is 0.260 e. The first kappa shape index (κ1) is 27.3. The number of benzene rings is 2. The third kappa shape index (κ3) is 5.43. The fourth-order valence-electron chi connectivity index (χ4n) is 4.93. The molecule has 2 aromatic heterocycles. The van der Waals surface area contributed by atoms with Gasteiger partial charge in [0.15, 0.2) is 15.7 Å². The van der Waals surface area contributed by atoms with E-state index in [0.717, 1.165) is 28.4 Å². The van der Waals surface area contributed by atoms with Gasteiger partial charge in [-0.2, -0.15) is 8.75 Å². The number of aromatic nitrogens is 3. The number of nitrogens with zero attached hydrogens (tertiary/aromatic N) is 2. The number of rotatable bonds is 7. The van der Waals surface area contributed by atoms with E-state index in [1.165, 1.54) is 12.3 Å². The van der Waals surface area contributed by atoms with Crippen molar-refractivity contribution in [2.45, 2.75) is 45.3 Å². The smallest absolute Gasteiger partial charge is 0.260 e. The summed E-state index contributed by atoms with van der Waals surface area (Å²) in [5.74, 6) is 0.257. The molecule has 2 N–H and O–H groups in total. The SMILES string of the molecule is Cc1cc(-c2c(OCCC3CCCS3(=O)=O)c3cc(C(=O)Nc4cnsn4)c(Cl)cc3[nH]c2=O)cc(C)c1C. The molecule has 0 saturated carbocycles. The van der Waals surface area contributed by atoms with E-state index < -0.39 is 21.0 Å². The molecule has 5 rings (SSSR count). The average Bonchev–Trinajstić information content (AvgIpc) is 3.50. The van der Waals surface area contributed by atoms with Crippen LogP contribution >= 0.6 is 23.3 Å². The van der Waals surface area contributed by atoms with Crippen LogP contribution in [0.4, 0.5) is 5.82 Å². The summed E-state index contributed by atoms with van der Waals surface area (Å²) in [6, 6.07) is 6.93. The Balaban J connectivity index is 1.64. The van der Waals surface area contributed by atoms with Crippen molar-refractivity contribution < 1.29 is 17.9 Å². The molecule has 12 heteroatoms. The zero-order valence-corrected chi connectivity index (χ0v) is 24.0. The Morgan fingerprint density at radius 2 is 1.95 bits per heavy atom. The number of ether oxygens (including phenoxy) is 1. The predicted molar refractivity (Wildman–Crippen MR) is 154 cm³/mol. The molecule has 0 radical (unpaired) electrons. The summed E-state index contributed by atoms with van der Waals surface area (Å²) in [4.78, 5) is 29.4. The summed E-state index contributed by atoms with van der Waals surface area (Å²) in [5.41, 5.74) is 4.29. The third-order valence-corrected chi connectivity index (χ3v) is 10.4. The minimum absolute atomic E-state index is 0.0912. The molecule has 1 aliphatic rings. The van der Waals surface area contributed by atoms with Crippen LogP contribution in [0.15, 0.2) is 35.3 Å². The molecule has 1 saturated heterocycles. The summed E-state index contributed by atoms with van der Waals surface area (Å²) >= 11 is 7.42. The number of anilines is 1. The van der Waals surface area contributed by atoms with E-state index >= 15 is 0 Å². The van der Waals surface area contributed by atoms with Gasteiger partial charge in [-0.05, 0) is 74.4 Å². The van der Waals surface area contributed by atoms with Crippen LogP contribution in [0.25, 0.3) is 22.0 Å². The zero-order valence-electron chi connectivity index (χ0n) is 21.6. The lowest BCUT2D eigenvalue weighted by Crippen LogP contribution is -2.20. The van der Waals surface area contributed by atoms with E-state index in [4.69, 9.17) is 16.3 Å². The molecular weight excluding hydrogens is 560 g/mol. The monoisotopic (exact) mass is 586 g/mol. The minimum atomic E-state index is -3.15. The van der Waals surface area contributed by atoms with Gasteiger partial charge >= 0.3 is 0 Å². The van der Waals surface area contributed by atoms with Crippen LogP contribution < -0.4 is 15.6 Å². The predicted octanol–water partition coefficient (Wildman–Crippen LogP) is 5.22. The van der Waals surface area contributed by atoms with Gasteiger partial charge in [-0.25, -0.2) is 8.42 Å². The van der Waals surface area contributed by atoms with Crippen LogP contribution in [0.3, 0.4) is 0 Å². The highest BCUT2D eigenvalue weighted by molar-refractivity contribution is 7.92. The highest BCUT2D eigenvalue weighted by Gasteiger charge is 2.31. The number of amides is 1. The van der Waals surface area contributed by atoms with Crippen molar-refractivity contribution in [2.24, 2.45) is 0 Å². The van der Waals surface area contributed by atoms with Crippen molar-refractivity contribution in [1.82, 2.24) is 13.7 Å². The quantitative estimate of drug-likeness (QED) is 0.303. The van der Waals surface area contributed by atoms with Crippen LogP contribution in [0.1, 0.15) is 46.3 Å². The Kier molecular flexibility index (Phi) is 7.49. The number of aryl methyl sites for hydroxylation is 2. The van der Waals surface area contributed by atoms with Crippen LogP contribution in [0.5, 0.6) is 5.75 Å². The number of carbonyl (C=O) groups excluding carboxylic acids is 1.